The van der Waals surface area contributed by atoms with Crippen molar-refractivity contribution in [3.8, 4) is 11.5 Å². The number of hydrogen-bond donors (Lipinski definition) is 2. The Morgan fingerprint density at radius 1 is 0.565 bits per heavy atom. The Hall–Kier alpha value is -2.45. The van der Waals surface area contributed by atoms with E-state index in [0.29, 0.717) is 11.0 Å². The molecule has 0 unspecified atom stereocenters. The third-order valence-corrected chi connectivity index (χ3v) is 3.22. The van der Waals surface area contributed by atoms with Crippen molar-refractivity contribution >= 4 is 21.8 Å². The van der Waals surface area contributed by atoms with Gasteiger partial charge in [-0.3, -0.25) is 9.97 Å². The number of aromatic hydroxyl groups is 2. The van der Waals surface area contributed by atoms with Gasteiger partial charge in [0.25, 0.3) is 0 Å². The van der Waals surface area contributed by atoms with E-state index in [2.05, 4.69) is 9.97 Å². The van der Waals surface area contributed by atoms with Gasteiger partial charge in [0, 0.05) is 44.2 Å². The van der Waals surface area contributed by atoms with E-state index in [1.165, 1.54) is 0 Å². The van der Waals surface area contributed by atoms with Gasteiger partial charge in [0.1, 0.15) is 22.5 Å². The summed E-state index contributed by atoms with van der Waals surface area (Å²) in [5.41, 5.74) is 1.32. The molecular formula is C18H14N2O2Pt. The van der Waals surface area contributed by atoms with Crippen LogP contribution in [0.2, 0.25) is 0 Å². The molecule has 4 aromatic rings. The summed E-state index contributed by atoms with van der Waals surface area (Å²) in [6.45, 7) is 0. The van der Waals surface area contributed by atoms with E-state index in [1.807, 2.05) is 36.4 Å². The van der Waals surface area contributed by atoms with Gasteiger partial charge in [0.2, 0.25) is 0 Å². The zero-order valence-electron chi connectivity index (χ0n) is 12.0. The average Bonchev–Trinajstić information content (AvgIpc) is 2.57. The quantitative estimate of drug-likeness (QED) is 0.397. The third-order valence-electron chi connectivity index (χ3n) is 3.22. The van der Waals surface area contributed by atoms with Gasteiger partial charge in [-0.05, 0) is 24.3 Å². The van der Waals surface area contributed by atoms with Crippen molar-refractivity contribution in [2.24, 2.45) is 0 Å². The number of nitrogens with zero attached hydrogens (tertiary/aromatic N) is 2. The van der Waals surface area contributed by atoms with Crippen molar-refractivity contribution in [2.75, 3.05) is 0 Å². The second kappa shape index (κ2) is 7.70. The zero-order chi connectivity index (χ0) is 15.4. The van der Waals surface area contributed by atoms with E-state index in [4.69, 9.17) is 0 Å². The topological polar surface area (TPSA) is 66.2 Å². The van der Waals surface area contributed by atoms with Crippen LogP contribution < -0.4 is 0 Å². The fraction of sp³-hybridized carbons (Fsp3) is 0. The maximum absolute atomic E-state index is 9.31. The van der Waals surface area contributed by atoms with Crippen molar-refractivity contribution in [3.05, 3.63) is 73.1 Å². The number of pyridine rings is 2. The Balaban J connectivity index is 0.000000160. The number of para-hydroxylation sites is 2. The number of benzene rings is 2. The van der Waals surface area contributed by atoms with Crippen molar-refractivity contribution in [1.82, 2.24) is 9.97 Å². The number of phenols is 2. The number of phenolic OH excluding ortho intramolecular Hbond substituents is 2. The van der Waals surface area contributed by atoms with Crippen molar-refractivity contribution in [3.63, 3.8) is 0 Å². The van der Waals surface area contributed by atoms with Crippen LogP contribution in [0.25, 0.3) is 21.8 Å². The number of rotatable bonds is 0. The zero-order valence-corrected chi connectivity index (χ0v) is 14.3. The summed E-state index contributed by atoms with van der Waals surface area (Å²) in [7, 11) is 0. The molecule has 4 rings (SSSR count). The van der Waals surface area contributed by atoms with Crippen molar-refractivity contribution < 1.29 is 31.3 Å². The second-order valence-electron chi connectivity index (χ2n) is 4.70. The minimum absolute atomic E-state index is 0. The predicted octanol–water partition coefficient (Wildman–Crippen LogP) is 3.88. The number of hydrogen-bond acceptors (Lipinski definition) is 4. The SMILES string of the molecule is Oc1cccc2cccnc12.Oc1cccc2cccnc12.[Pt]. The molecule has 23 heavy (non-hydrogen) atoms. The van der Waals surface area contributed by atoms with Gasteiger partial charge in [0.05, 0.1) is 0 Å². The molecule has 0 saturated carbocycles. The first-order chi connectivity index (χ1) is 10.8. The average molecular weight is 485 g/mol. The monoisotopic (exact) mass is 485 g/mol. The minimum atomic E-state index is 0. The van der Waals surface area contributed by atoms with Crippen LogP contribution in [0, 0.1) is 0 Å². The maximum atomic E-state index is 9.31. The van der Waals surface area contributed by atoms with E-state index in [9.17, 15) is 10.2 Å². The van der Waals surface area contributed by atoms with Gasteiger partial charge in [-0.1, -0.05) is 36.4 Å². The molecule has 0 amide bonds. The first-order valence-electron chi connectivity index (χ1n) is 6.81. The van der Waals surface area contributed by atoms with Crippen LogP contribution in [0.4, 0.5) is 0 Å². The summed E-state index contributed by atoms with van der Waals surface area (Å²) in [5.74, 6) is 0.478. The molecule has 0 bridgehead atoms. The van der Waals surface area contributed by atoms with E-state index in [1.54, 1.807) is 36.7 Å². The molecule has 0 aliphatic rings. The fourth-order valence-electron chi connectivity index (χ4n) is 2.18. The third kappa shape index (κ3) is 3.85. The standard InChI is InChI=1S/2C9H7NO.Pt/c2*11-8-5-1-3-7-4-2-6-10-9(7)8;/h2*1-6,11H;. The number of fused-ring (bicyclic) bond motifs is 2. The molecule has 118 valence electrons. The molecule has 4 nitrogen and oxygen atoms in total. The molecule has 0 spiro atoms. The van der Waals surface area contributed by atoms with Crippen LogP contribution in [0.15, 0.2) is 73.1 Å². The van der Waals surface area contributed by atoms with Crippen LogP contribution in [-0.2, 0) is 21.1 Å². The minimum Gasteiger partial charge on any atom is -0.506 e. The molecule has 2 N–H and O–H groups in total. The Kier molecular flexibility index (Phi) is 5.66. The Bertz CT molecular complexity index is 841. The van der Waals surface area contributed by atoms with E-state index in [-0.39, 0.29) is 32.6 Å². The largest absolute Gasteiger partial charge is 0.506 e. The fourth-order valence-corrected chi connectivity index (χ4v) is 2.18. The Morgan fingerprint density at radius 3 is 1.35 bits per heavy atom. The Labute approximate surface area is 147 Å². The summed E-state index contributed by atoms with van der Waals surface area (Å²) in [6.07, 6.45) is 3.34. The van der Waals surface area contributed by atoms with Crippen LogP contribution in [0.5, 0.6) is 11.5 Å². The van der Waals surface area contributed by atoms with Crippen LogP contribution >= 0.6 is 0 Å². The molecule has 0 atom stereocenters. The molecule has 5 heteroatoms. The summed E-state index contributed by atoms with van der Waals surface area (Å²) >= 11 is 0. The van der Waals surface area contributed by atoms with Gasteiger partial charge >= 0.3 is 0 Å². The molecule has 2 heterocycles. The van der Waals surface area contributed by atoms with Gasteiger partial charge in [0.15, 0.2) is 0 Å². The molecule has 0 saturated heterocycles. The Morgan fingerprint density at radius 2 is 0.957 bits per heavy atom. The van der Waals surface area contributed by atoms with Crippen LogP contribution in [-0.4, -0.2) is 20.2 Å². The normalized spacial score (nSPS) is 9.74. The second-order valence-corrected chi connectivity index (χ2v) is 4.70. The number of aromatic nitrogens is 2. The smallest absolute Gasteiger partial charge is 0.141 e. The van der Waals surface area contributed by atoms with Gasteiger partial charge in [-0.15, -0.1) is 0 Å². The van der Waals surface area contributed by atoms with Crippen molar-refractivity contribution in [2.45, 2.75) is 0 Å². The van der Waals surface area contributed by atoms with E-state index in [0.717, 1.165) is 10.8 Å². The molecule has 2 aromatic heterocycles. The molecular weight excluding hydrogens is 471 g/mol. The van der Waals surface area contributed by atoms with Crippen LogP contribution in [0.1, 0.15) is 0 Å². The summed E-state index contributed by atoms with van der Waals surface area (Å²) in [4.78, 5) is 8.06. The van der Waals surface area contributed by atoms with Gasteiger partial charge in [-0.2, -0.15) is 0 Å². The summed E-state index contributed by atoms with van der Waals surface area (Å²) in [5, 5.41) is 20.5. The molecule has 2 aromatic carbocycles. The molecule has 0 aliphatic heterocycles. The molecule has 0 fully saturated rings. The molecule has 0 aliphatic carbocycles. The summed E-state index contributed by atoms with van der Waals surface area (Å²) in [6, 6.07) is 18.3. The van der Waals surface area contributed by atoms with Gasteiger partial charge in [-0.25, -0.2) is 0 Å². The predicted molar refractivity (Wildman–Crippen MR) is 86.8 cm³/mol. The van der Waals surface area contributed by atoms with E-state index >= 15 is 0 Å². The van der Waals surface area contributed by atoms with Crippen LogP contribution in [0.3, 0.4) is 0 Å². The van der Waals surface area contributed by atoms with Crippen molar-refractivity contribution in [1.29, 1.82) is 0 Å². The molecule has 0 radical (unpaired) electrons. The van der Waals surface area contributed by atoms with Gasteiger partial charge < -0.3 is 10.2 Å². The first-order valence-corrected chi connectivity index (χ1v) is 6.81. The van der Waals surface area contributed by atoms with E-state index < -0.39 is 0 Å². The first kappa shape index (κ1) is 16.9. The maximum Gasteiger partial charge on any atom is 0.141 e. The summed E-state index contributed by atoms with van der Waals surface area (Å²) < 4.78 is 0.